The van der Waals surface area contributed by atoms with Crippen molar-refractivity contribution in [1.82, 2.24) is 4.90 Å². The second kappa shape index (κ2) is 6.65. The Bertz CT molecular complexity index is 435. The first-order valence-corrected chi connectivity index (χ1v) is 6.43. The zero-order valence-corrected chi connectivity index (χ0v) is 10.8. The van der Waals surface area contributed by atoms with Crippen LogP contribution in [0.25, 0.3) is 0 Å². The van der Waals surface area contributed by atoms with Crippen molar-refractivity contribution in [3.63, 3.8) is 0 Å². The molecule has 1 aliphatic rings. The van der Waals surface area contributed by atoms with Crippen LogP contribution in [-0.4, -0.2) is 54.0 Å². The van der Waals surface area contributed by atoms with Crippen LogP contribution < -0.4 is 0 Å². The number of ether oxygens (including phenoxy) is 1. The summed E-state index contributed by atoms with van der Waals surface area (Å²) in [7, 11) is 0. The molecule has 0 unspecified atom stereocenters. The number of benzene rings is 1. The first-order valence-electron chi connectivity index (χ1n) is 6.43. The lowest BCUT2D eigenvalue weighted by Crippen LogP contribution is -2.31. The first kappa shape index (κ1) is 14.0. The van der Waals surface area contributed by atoms with E-state index in [1.54, 1.807) is 12.1 Å². The topological polar surface area (TPSA) is 70.0 Å². The normalized spacial score (nSPS) is 21.0. The molecule has 0 amide bonds. The Morgan fingerprint density at radius 2 is 2.21 bits per heavy atom. The van der Waals surface area contributed by atoms with Crippen LogP contribution in [0.4, 0.5) is 0 Å². The smallest absolute Gasteiger partial charge is 0.336 e. The molecular formula is C14H19NO4. The molecule has 1 atom stereocenters. The Hall–Kier alpha value is -1.43. The van der Waals surface area contributed by atoms with E-state index < -0.39 is 5.97 Å². The van der Waals surface area contributed by atoms with Crippen molar-refractivity contribution < 1.29 is 19.7 Å². The van der Waals surface area contributed by atoms with Crippen LogP contribution in [0, 0.1) is 5.92 Å². The number of nitrogens with zero attached hydrogens (tertiary/aromatic N) is 1. The molecule has 0 spiro atoms. The van der Waals surface area contributed by atoms with Crippen molar-refractivity contribution >= 4 is 5.97 Å². The number of hydrogen-bond acceptors (Lipinski definition) is 4. The van der Waals surface area contributed by atoms with Crippen LogP contribution in [0.3, 0.4) is 0 Å². The first-order chi connectivity index (χ1) is 9.20. The third-order valence-electron chi connectivity index (χ3n) is 3.32. The Morgan fingerprint density at radius 3 is 2.95 bits per heavy atom. The Balaban J connectivity index is 2.09. The van der Waals surface area contributed by atoms with Gasteiger partial charge in [0.25, 0.3) is 0 Å². The van der Waals surface area contributed by atoms with Gasteiger partial charge in [-0.15, -0.1) is 0 Å². The fraction of sp³-hybridized carbons (Fsp3) is 0.500. The molecule has 1 aliphatic heterocycles. The third-order valence-corrected chi connectivity index (χ3v) is 3.32. The van der Waals surface area contributed by atoms with Crippen LogP contribution in [0.2, 0.25) is 0 Å². The molecule has 2 rings (SSSR count). The molecule has 0 aromatic heterocycles. The van der Waals surface area contributed by atoms with E-state index in [1.807, 2.05) is 12.1 Å². The highest BCUT2D eigenvalue weighted by molar-refractivity contribution is 5.89. The third kappa shape index (κ3) is 3.76. The van der Waals surface area contributed by atoms with Gasteiger partial charge in [-0.05, 0) is 11.6 Å². The Morgan fingerprint density at radius 1 is 1.42 bits per heavy atom. The van der Waals surface area contributed by atoms with E-state index in [4.69, 9.17) is 9.84 Å². The van der Waals surface area contributed by atoms with Crippen molar-refractivity contribution in [3.05, 3.63) is 35.4 Å². The van der Waals surface area contributed by atoms with Gasteiger partial charge < -0.3 is 14.9 Å². The Kier molecular flexibility index (Phi) is 4.90. The van der Waals surface area contributed by atoms with Gasteiger partial charge in [0.1, 0.15) is 0 Å². The number of aliphatic hydroxyl groups is 1. The summed E-state index contributed by atoms with van der Waals surface area (Å²) in [5.41, 5.74) is 1.14. The summed E-state index contributed by atoms with van der Waals surface area (Å²) in [4.78, 5) is 13.3. The summed E-state index contributed by atoms with van der Waals surface area (Å²) in [6.07, 6.45) is 0. The zero-order valence-electron chi connectivity index (χ0n) is 10.8. The lowest BCUT2D eigenvalue weighted by molar-refractivity contribution is 0.0694. The maximum Gasteiger partial charge on any atom is 0.336 e. The van der Waals surface area contributed by atoms with Gasteiger partial charge in [-0.3, -0.25) is 4.90 Å². The monoisotopic (exact) mass is 265 g/mol. The van der Waals surface area contributed by atoms with Crippen molar-refractivity contribution in [3.8, 4) is 0 Å². The maximum atomic E-state index is 11.2. The Labute approximate surface area is 112 Å². The lowest BCUT2D eigenvalue weighted by atomic mass is 10.1. The summed E-state index contributed by atoms with van der Waals surface area (Å²) < 4.78 is 5.43. The molecule has 5 nitrogen and oxygen atoms in total. The molecule has 1 aromatic rings. The molecule has 1 aromatic carbocycles. The van der Waals surface area contributed by atoms with Crippen molar-refractivity contribution in [2.75, 3.05) is 32.9 Å². The quantitative estimate of drug-likeness (QED) is 0.843. The van der Waals surface area contributed by atoms with E-state index in [-0.39, 0.29) is 12.5 Å². The summed E-state index contributed by atoms with van der Waals surface area (Å²) in [6.45, 7) is 3.33. The minimum absolute atomic E-state index is 0.0943. The highest BCUT2D eigenvalue weighted by atomic mass is 16.5. The molecule has 104 valence electrons. The highest BCUT2D eigenvalue weighted by Crippen LogP contribution is 2.14. The molecule has 2 N–H and O–H groups in total. The predicted octanol–water partition coefficient (Wildman–Crippen LogP) is 0.826. The van der Waals surface area contributed by atoms with E-state index in [0.29, 0.717) is 25.3 Å². The van der Waals surface area contributed by atoms with Crippen LogP contribution in [-0.2, 0) is 11.3 Å². The number of carboxylic acid groups (broad SMARTS) is 1. The minimum Gasteiger partial charge on any atom is -0.478 e. The SMILES string of the molecule is O=C(O)c1ccccc1CN1CCOC[C@H](CO)C1. The largest absolute Gasteiger partial charge is 0.478 e. The van der Waals surface area contributed by atoms with Gasteiger partial charge in [-0.2, -0.15) is 0 Å². The molecule has 0 aliphatic carbocycles. The van der Waals surface area contributed by atoms with E-state index >= 15 is 0 Å². The molecular weight excluding hydrogens is 246 g/mol. The molecule has 0 radical (unpaired) electrons. The highest BCUT2D eigenvalue weighted by Gasteiger charge is 2.19. The van der Waals surface area contributed by atoms with Crippen molar-refractivity contribution in [2.45, 2.75) is 6.54 Å². The number of carbonyl (C=O) groups is 1. The van der Waals surface area contributed by atoms with Crippen LogP contribution in [0.1, 0.15) is 15.9 Å². The molecule has 5 heteroatoms. The number of hydrogen-bond donors (Lipinski definition) is 2. The number of rotatable bonds is 4. The summed E-state index contributed by atoms with van der Waals surface area (Å²) >= 11 is 0. The van der Waals surface area contributed by atoms with Crippen LogP contribution in [0.5, 0.6) is 0 Å². The maximum absolute atomic E-state index is 11.2. The van der Waals surface area contributed by atoms with Crippen molar-refractivity contribution in [2.24, 2.45) is 5.92 Å². The second-order valence-electron chi connectivity index (χ2n) is 4.82. The molecule has 1 heterocycles. The number of aliphatic hydroxyl groups excluding tert-OH is 1. The predicted molar refractivity (Wildman–Crippen MR) is 70.1 cm³/mol. The van der Waals surface area contributed by atoms with Crippen LogP contribution in [0.15, 0.2) is 24.3 Å². The van der Waals surface area contributed by atoms with E-state index in [0.717, 1.165) is 18.7 Å². The lowest BCUT2D eigenvalue weighted by Gasteiger charge is -2.23. The minimum atomic E-state index is -0.902. The molecule has 0 bridgehead atoms. The summed E-state index contributed by atoms with van der Waals surface area (Å²) in [5, 5.41) is 18.4. The van der Waals surface area contributed by atoms with Gasteiger partial charge in [0.05, 0.1) is 18.8 Å². The van der Waals surface area contributed by atoms with E-state index in [1.165, 1.54) is 0 Å². The number of aromatic carboxylic acids is 1. The molecule has 19 heavy (non-hydrogen) atoms. The van der Waals surface area contributed by atoms with E-state index in [2.05, 4.69) is 4.90 Å². The standard InChI is InChI=1S/C14H19NO4/c16-9-11-7-15(5-6-19-10-11)8-12-3-1-2-4-13(12)14(17)18/h1-4,11,16H,5-10H2,(H,17,18)/t11-/m0/s1. The van der Waals surface area contributed by atoms with Gasteiger partial charge >= 0.3 is 5.97 Å². The fourth-order valence-electron chi connectivity index (χ4n) is 2.31. The molecule has 1 fully saturated rings. The van der Waals surface area contributed by atoms with Gasteiger partial charge in [0.15, 0.2) is 0 Å². The van der Waals surface area contributed by atoms with Gasteiger partial charge in [0, 0.05) is 32.2 Å². The van der Waals surface area contributed by atoms with Gasteiger partial charge in [-0.25, -0.2) is 4.79 Å². The molecule has 0 saturated carbocycles. The molecule has 1 saturated heterocycles. The average Bonchev–Trinajstić information content (AvgIpc) is 2.64. The van der Waals surface area contributed by atoms with Crippen LogP contribution >= 0.6 is 0 Å². The second-order valence-corrected chi connectivity index (χ2v) is 4.82. The zero-order chi connectivity index (χ0) is 13.7. The fourth-order valence-corrected chi connectivity index (χ4v) is 2.31. The number of carboxylic acids is 1. The van der Waals surface area contributed by atoms with Crippen molar-refractivity contribution in [1.29, 1.82) is 0 Å². The average molecular weight is 265 g/mol. The summed E-state index contributed by atoms with van der Waals surface area (Å²) in [5.74, 6) is -0.806. The van der Waals surface area contributed by atoms with Gasteiger partial charge in [0.2, 0.25) is 0 Å². The summed E-state index contributed by atoms with van der Waals surface area (Å²) in [6, 6.07) is 7.04. The van der Waals surface area contributed by atoms with Gasteiger partial charge in [-0.1, -0.05) is 18.2 Å². The van der Waals surface area contributed by atoms with E-state index in [9.17, 15) is 9.90 Å².